The van der Waals surface area contributed by atoms with Crippen molar-refractivity contribution in [3.05, 3.63) is 47.5 Å². The number of nitrogens with two attached hydrogens (primary N) is 1. The SMILES string of the molecule is NC1=Nc2c(Oc3ccccc3Cl)cccc2SN1. The second kappa shape index (κ2) is 5.03. The predicted octanol–water partition coefficient (Wildman–Crippen LogP) is 3.69. The van der Waals surface area contributed by atoms with Crippen molar-refractivity contribution in [2.24, 2.45) is 10.7 Å². The fraction of sp³-hybridized carbons (Fsp3) is 0. The van der Waals surface area contributed by atoms with E-state index < -0.39 is 0 Å². The number of halogens is 1. The first-order valence-electron chi connectivity index (χ1n) is 5.56. The molecule has 0 spiro atoms. The fourth-order valence-corrected chi connectivity index (χ4v) is 2.50. The number of nitrogens with zero attached hydrogens (tertiary/aromatic N) is 1. The summed E-state index contributed by atoms with van der Waals surface area (Å²) in [6.07, 6.45) is 0. The molecule has 0 bridgehead atoms. The Morgan fingerprint density at radius 2 is 1.89 bits per heavy atom. The van der Waals surface area contributed by atoms with Gasteiger partial charge in [0.05, 0.1) is 9.92 Å². The number of ether oxygens (including phenoxy) is 1. The molecule has 1 heterocycles. The Hall–Kier alpha value is -1.85. The largest absolute Gasteiger partial charge is 0.453 e. The molecule has 0 atom stereocenters. The van der Waals surface area contributed by atoms with Crippen LogP contribution in [-0.2, 0) is 0 Å². The summed E-state index contributed by atoms with van der Waals surface area (Å²) in [4.78, 5) is 5.22. The number of fused-ring (bicyclic) bond motifs is 1. The van der Waals surface area contributed by atoms with Gasteiger partial charge in [-0.2, -0.15) is 0 Å². The van der Waals surface area contributed by atoms with Crippen LogP contribution in [0.5, 0.6) is 11.5 Å². The summed E-state index contributed by atoms with van der Waals surface area (Å²) in [5.74, 6) is 1.57. The minimum Gasteiger partial charge on any atom is -0.453 e. The van der Waals surface area contributed by atoms with Gasteiger partial charge in [-0.05, 0) is 36.2 Å². The number of hydrogen-bond acceptors (Lipinski definition) is 5. The number of hydrogen-bond donors (Lipinski definition) is 2. The smallest absolute Gasteiger partial charge is 0.204 e. The first kappa shape index (κ1) is 12.2. The third kappa shape index (κ3) is 2.47. The Morgan fingerprint density at radius 3 is 2.74 bits per heavy atom. The van der Waals surface area contributed by atoms with Gasteiger partial charge in [0, 0.05) is 0 Å². The average Bonchev–Trinajstić information content (AvgIpc) is 2.42. The van der Waals surface area contributed by atoms with Crippen LogP contribution in [0.2, 0.25) is 5.02 Å². The molecule has 3 N–H and O–H groups in total. The Labute approximate surface area is 119 Å². The molecule has 6 heteroatoms. The van der Waals surface area contributed by atoms with Gasteiger partial charge in [-0.3, -0.25) is 4.72 Å². The average molecular weight is 292 g/mol. The summed E-state index contributed by atoms with van der Waals surface area (Å²) < 4.78 is 8.72. The van der Waals surface area contributed by atoms with Crippen molar-refractivity contribution in [1.82, 2.24) is 4.72 Å². The molecule has 2 aromatic rings. The van der Waals surface area contributed by atoms with Crippen molar-refractivity contribution in [2.45, 2.75) is 4.90 Å². The molecular formula is C13H10ClN3OS. The lowest BCUT2D eigenvalue weighted by Crippen LogP contribution is -2.27. The lowest BCUT2D eigenvalue weighted by molar-refractivity contribution is 0.483. The van der Waals surface area contributed by atoms with Gasteiger partial charge in [-0.1, -0.05) is 29.8 Å². The second-order valence-corrected chi connectivity index (χ2v) is 5.09. The summed E-state index contributed by atoms with van der Waals surface area (Å²) >= 11 is 7.49. The number of aliphatic imine (C=N–C) groups is 1. The standard InChI is InChI=1S/C13H10ClN3OS/c14-8-4-1-2-5-9(8)18-10-6-3-7-11-12(10)16-13(15)17-19-11/h1-7H,(H3,15,16,17). The molecule has 0 aromatic heterocycles. The predicted molar refractivity (Wildman–Crippen MR) is 78.2 cm³/mol. The molecule has 1 aliphatic heterocycles. The van der Waals surface area contributed by atoms with Gasteiger partial charge in [0.1, 0.15) is 11.4 Å². The molecule has 0 saturated carbocycles. The van der Waals surface area contributed by atoms with E-state index >= 15 is 0 Å². The Balaban J connectivity index is 2.02. The molecule has 0 radical (unpaired) electrons. The molecule has 0 fully saturated rings. The molecule has 0 saturated heterocycles. The topological polar surface area (TPSA) is 59.6 Å². The summed E-state index contributed by atoms with van der Waals surface area (Å²) in [7, 11) is 0. The molecule has 3 rings (SSSR count). The van der Waals surface area contributed by atoms with E-state index in [1.807, 2.05) is 36.4 Å². The summed E-state index contributed by atoms with van der Waals surface area (Å²) in [5, 5.41) is 0.554. The first-order chi connectivity index (χ1) is 9.24. The third-order valence-electron chi connectivity index (χ3n) is 2.52. The van der Waals surface area contributed by atoms with Crippen molar-refractivity contribution < 1.29 is 4.74 Å². The second-order valence-electron chi connectivity index (χ2n) is 3.84. The molecule has 1 aliphatic rings. The monoisotopic (exact) mass is 291 g/mol. The molecule has 96 valence electrons. The summed E-state index contributed by atoms with van der Waals surface area (Å²) in [6, 6.07) is 13.0. The third-order valence-corrected chi connectivity index (χ3v) is 3.69. The van der Waals surface area contributed by atoms with E-state index in [0.717, 1.165) is 4.90 Å². The van der Waals surface area contributed by atoms with E-state index in [1.54, 1.807) is 6.07 Å². The molecule has 2 aromatic carbocycles. The number of nitrogens with one attached hydrogen (secondary N) is 1. The minimum absolute atomic E-state index is 0.354. The maximum Gasteiger partial charge on any atom is 0.204 e. The minimum atomic E-state index is 0.354. The van der Waals surface area contributed by atoms with E-state index in [9.17, 15) is 0 Å². The van der Waals surface area contributed by atoms with Crippen LogP contribution < -0.4 is 15.2 Å². The number of benzene rings is 2. The zero-order chi connectivity index (χ0) is 13.2. The fourth-order valence-electron chi connectivity index (χ4n) is 1.67. The van der Waals surface area contributed by atoms with Crippen molar-refractivity contribution in [3.8, 4) is 11.5 Å². The molecular weight excluding hydrogens is 282 g/mol. The molecule has 0 aliphatic carbocycles. The highest BCUT2D eigenvalue weighted by molar-refractivity contribution is 7.98. The highest BCUT2D eigenvalue weighted by Gasteiger charge is 2.16. The number of guanidine groups is 1. The van der Waals surface area contributed by atoms with Gasteiger partial charge in [-0.15, -0.1) is 0 Å². The zero-order valence-electron chi connectivity index (χ0n) is 9.76. The number of rotatable bonds is 2. The van der Waals surface area contributed by atoms with Gasteiger partial charge >= 0.3 is 0 Å². The van der Waals surface area contributed by atoms with E-state index in [0.29, 0.717) is 28.2 Å². The van der Waals surface area contributed by atoms with E-state index in [4.69, 9.17) is 22.1 Å². The van der Waals surface area contributed by atoms with Crippen LogP contribution in [0.4, 0.5) is 5.69 Å². The van der Waals surface area contributed by atoms with Crippen LogP contribution in [0.1, 0.15) is 0 Å². The van der Waals surface area contributed by atoms with Crippen LogP contribution in [0.15, 0.2) is 52.4 Å². The van der Waals surface area contributed by atoms with Crippen LogP contribution >= 0.6 is 23.5 Å². The van der Waals surface area contributed by atoms with Crippen molar-refractivity contribution in [1.29, 1.82) is 0 Å². The van der Waals surface area contributed by atoms with Gasteiger partial charge in [0.25, 0.3) is 0 Å². The van der Waals surface area contributed by atoms with Gasteiger partial charge in [-0.25, -0.2) is 4.99 Å². The van der Waals surface area contributed by atoms with Crippen molar-refractivity contribution in [2.75, 3.05) is 0 Å². The normalized spacial score (nSPS) is 13.2. The van der Waals surface area contributed by atoms with Crippen LogP contribution in [0, 0.1) is 0 Å². The molecule has 4 nitrogen and oxygen atoms in total. The maximum atomic E-state index is 6.08. The van der Waals surface area contributed by atoms with Gasteiger partial charge in [0.2, 0.25) is 5.96 Å². The molecule has 0 unspecified atom stereocenters. The molecule has 0 amide bonds. The van der Waals surface area contributed by atoms with Crippen LogP contribution in [0.3, 0.4) is 0 Å². The quantitative estimate of drug-likeness (QED) is 0.829. The van der Waals surface area contributed by atoms with Crippen LogP contribution in [0.25, 0.3) is 0 Å². The number of para-hydroxylation sites is 2. The maximum absolute atomic E-state index is 6.08. The zero-order valence-corrected chi connectivity index (χ0v) is 11.3. The Kier molecular flexibility index (Phi) is 3.23. The van der Waals surface area contributed by atoms with Crippen molar-refractivity contribution >= 4 is 35.2 Å². The lowest BCUT2D eigenvalue weighted by Gasteiger charge is -2.17. The van der Waals surface area contributed by atoms with Crippen molar-refractivity contribution in [3.63, 3.8) is 0 Å². The van der Waals surface area contributed by atoms with E-state index in [1.165, 1.54) is 11.9 Å². The summed E-state index contributed by atoms with van der Waals surface area (Å²) in [6.45, 7) is 0. The van der Waals surface area contributed by atoms with Gasteiger partial charge in [0.15, 0.2) is 5.75 Å². The Bertz CT molecular complexity index is 660. The highest BCUT2D eigenvalue weighted by atomic mass is 35.5. The van der Waals surface area contributed by atoms with E-state index in [2.05, 4.69) is 9.71 Å². The first-order valence-corrected chi connectivity index (χ1v) is 6.76. The Morgan fingerprint density at radius 1 is 1.11 bits per heavy atom. The van der Waals surface area contributed by atoms with E-state index in [-0.39, 0.29) is 0 Å². The van der Waals surface area contributed by atoms with Gasteiger partial charge < -0.3 is 10.5 Å². The highest BCUT2D eigenvalue weighted by Crippen LogP contribution is 2.41. The summed E-state index contributed by atoms with van der Waals surface area (Å²) in [5.41, 5.74) is 6.39. The van der Waals surface area contributed by atoms with Crippen LogP contribution in [-0.4, -0.2) is 5.96 Å². The lowest BCUT2D eigenvalue weighted by atomic mass is 10.3. The molecule has 19 heavy (non-hydrogen) atoms.